The average molecular weight is 572 g/mol. The highest BCUT2D eigenvalue weighted by atomic mass is 19.1. The standard InChI is InChI=1S/C28H32F3N7O3/c1-15-9-20(29)18(26(39)34-16-5-6-16)11-24(15)38-14-23(35-36-38)19-10-17(12-32-25(19)31)33-22-7-8-37(13-21(22)30)27(40)41-28(2,3)4/h9-12,14,16,21-22,33H,5-8,13H2,1-4H3,(H,34,39)/t21-,22+/m1/s1. The molecule has 1 aliphatic heterocycles. The highest BCUT2D eigenvalue weighted by Gasteiger charge is 2.34. The van der Waals surface area contributed by atoms with E-state index in [1.165, 1.54) is 40.2 Å². The highest BCUT2D eigenvalue weighted by Crippen LogP contribution is 2.28. The molecule has 2 atom stereocenters. The number of rotatable bonds is 6. The van der Waals surface area contributed by atoms with Gasteiger partial charge in [-0.3, -0.25) is 4.79 Å². The van der Waals surface area contributed by atoms with Crippen LogP contribution in [0.3, 0.4) is 0 Å². The number of ether oxygens (including phenoxy) is 1. The fourth-order valence-electron chi connectivity index (χ4n) is 4.56. The Morgan fingerprint density at radius 2 is 1.88 bits per heavy atom. The first kappa shape index (κ1) is 28.4. The number of likely N-dealkylation sites (tertiary alicyclic amines) is 1. The molecular weight excluding hydrogens is 539 g/mol. The molecule has 218 valence electrons. The Labute approximate surface area is 235 Å². The van der Waals surface area contributed by atoms with Crippen molar-refractivity contribution in [3.8, 4) is 16.9 Å². The number of piperidine rings is 1. The van der Waals surface area contributed by atoms with E-state index in [9.17, 15) is 18.4 Å². The summed E-state index contributed by atoms with van der Waals surface area (Å²) < 4.78 is 51.0. The molecule has 1 aliphatic carbocycles. The second-order valence-corrected chi connectivity index (χ2v) is 11.5. The number of nitrogens with one attached hydrogen (secondary N) is 2. The maximum absolute atomic E-state index is 15.0. The van der Waals surface area contributed by atoms with Crippen molar-refractivity contribution in [1.29, 1.82) is 0 Å². The average Bonchev–Trinajstić information content (AvgIpc) is 3.57. The lowest BCUT2D eigenvalue weighted by atomic mass is 10.0. The number of pyridine rings is 1. The largest absolute Gasteiger partial charge is 0.444 e. The van der Waals surface area contributed by atoms with E-state index in [0.29, 0.717) is 29.9 Å². The first-order valence-corrected chi connectivity index (χ1v) is 13.5. The number of amides is 2. The molecule has 0 radical (unpaired) electrons. The van der Waals surface area contributed by atoms with Crippen molar-refractivity contribution in [1.82, 2.24) is 30.2 Å². The molecule has 3 heterocycles. The van der Waals surface area contributed by atoms with Crippen molar-refractivity contribution in [3.63, 3.8) is 0 Å². The molecule has 0 bridgehead atoms. The van der Waals surface area contributed by atoms with Crippen molar-refractivity contribution < 1.29 is 27.5 Å². The van der Waals surface area contributed by atoms with E-state index >= 15 is 4.39 Å². The van der Waals surface area contributed by atoms with Gasteiger partial charge < -0.3 is 20.3 Å². The molecule has 13 heteroatoms. The Bertz CT molecular complexity index is 1470. The zero-order chi connectivity index (χ0) is 29.5. The van der Waals surface area contributed by atoms with E-state index in [4.69, 9.17) is 4.74 Å². The maximum atomic E-state index is 15.0. The summed E-state index contributed by atoms with van der Waals surface area (Å²) >= 11 is 0. The third-order valence-electron chi connectivity index (χ3n) is 6.84. The smallest absolute Gasteiger partial charge is 0.410 e. The van der Waals surface area contributed by atoms with Gasteiger partial charge in [0.05, 0.1) is 47.5 Å². The molecular formula is C28H32F3N7O3. The van der Waals surface area contributed by atoms with Crippen LogP contribution >= 0.6 is 0 Å². The number of benzene rings is 1. The van der Waals surface area contributed by atoms with Gasteiger partial charge in [-0.25, -0.2) is 23.2 Å². The number of carbonyl (C=O) groups excluding carboxylic acids is 2. The van der Waals surface area contributed by atoms with Gasteiger partial charge in [0.15, 0.2) is 0 Å². The van der Waals surface area contributed by atoms with Gasteiger partial charge in [-0.1, -0.05) is 5.21 Å². The van der Waals surface area contributed by atoms with Gasteiger partial charge in [0, 0.05) is 12.6 Å². The monoisotopic (exact) mass is 571 g/mol. The third-order valence-corrected chi connectivity index (χ3v) is 6.84. The normalized spacial score (nSPS) is 19.1. The van der Waals surface area contributed by atoms with Crippen LogP contribution in [0.2, 0.25) is 0 Å². The van der Waals surface area contributed by atoms with Crippen molar-refractivity contribution in [3.05, 3.63) is 53.5 Å². The first-order chi connectivity index (χ1) is 19.4. The number of carbonyl (C=O) groups is 2. The molecule has 10 nitrogen and oxygen atoms in total. The number of aromatic nitrogens is 4. The second-order valence-electron chi connectivity index (χ2n) is 11.5. The van der Waals surface area contributed by atoms with Gasteiger partial charge in [0.1, 0.15) is 23.3 Å². The van der Waals surface area contributed by atoms with Crippen LogP contribution < -0.4 is 10.6 Å². The Morgan fingerprint density at radius 3 is 2.56 bits per heavy atom. The Morgan fingerprint density at radius 1 is 1.12 bits per heavy atom. The summed E-state index contributed by atoms with van der Waals surface area (Å²) in [5.74, 6) is -1.97. The molecule has 0 spiro atoms. The molecule has 2 amide bonds. The van der Waals surface area contributed by atoms with Crippen LogP contribution in [-0.2, 0) is 4.74 Å². The van der Waals surface area contributed by atoms with E-state index in [1.807, 2.05) is 0 Å². The van der Waals surface area contributed by atoms with E-state index < -0.39 is 41.6 Å². The number of aryl methyl sites for hydroxylation is 1. The Balaban J connectivity index is 1.31. The molecule has 1 saturated carbocycles. The molecule has 1 saturated heterocycles. The first-order valence-electron chi connectivity index (χ1n) is 13.5. The lowest BCUT2D eigenvalue weighted by Gasteiger charge is -2.36. The number of nitrogens with zero attached hydrogens (tertiary/aromatic N) is 5. The summed E-state index contributed by atoms with van der Waals surface area (Å²) in [4.78, 5) is 29.9. The number of halogens is 3. The summed E-state index contributed by atoms with van der Waals surface area (Å²) in [6, 6.07) is 3.51. The fourth-order valence-corrected chi connectivity index (χ4v) is 4.56. The van der Waals surface area contributed by atoms with Gasteiger partial charge in [-0.15, -0.1) is 5.10 Å². The summed E-state index contributed by atoms with van der Waals surface area (Å²) in [5.41, 5.74) is 0.641. The minimum atomic E-state index is -1.39. The predicted octanol–water partition coefficient (Wildman–Crippen LogP) is 4.57. The van der Waals surface area contributed by atoms with Gasteiger partial charge in [0.25, 0.3) is 5.91 Å². The third kappa shape index (κ3) is 6.60. The van der Waals surface area contributed by atoms with Crippen LogP contribution in [0, 0.1) is 18.7 Å². The van der Waals surface area contributed by atoms with Crippen LogP contribution in [0.1, 0.15) is 56.0 Å². The minimum Gasteiger partial charge on any atom is -0.444 e. The molecule has 0 unspecified atom stereocenters. The maximum Gasteiger partial charge on any atom is 0.410 e. The molecule has 5 rings (SSSR count). The Kier molecular flexibility index (Phi) is 7.62. The SMILES string of the molecule is Cc1cc(F)c(C(=O)NC2CC2)cc1-n1cc(-c2cc(N[C@H]3CCN(C(=O)OC(C)(C)C)C[C@H]3F)cnc2F)nn1. The summed E-state index contributed by atoms with van der Waals surface area (Å²) in [6.45, 7) is 7.06. The predicted molar refractivity (Wildman–Crippen MR) is 144 cm³/mol. The fraction of sp³-hybridized carbons (Fsp3) is 0.464. The topological polar surface area (TPSA) is 114 Å². The van der Waals surface area contributed by atoms with E-state index in [-0.39, 0.29) is 29.4 Å². The van der Waals surface area contributed by atoms with Crippen molar-refractivity contribution >= 4 is 17.7 Å². The quantitative estimate of drug-likeness (QED) is 0.417. The highest BCUT2D eigenvalue weighted by molar-refractivity contribution is 5.95. The molecule has 3 aromatic rings. The molecule has 2 N–H and O–H groups in total. The number of hydrogen-bond donors (Lipinski definition) is 2. The van der Waals surface area contributed by atoms with Gasteiger partial charge in [-0.2, -0.15) is 4.39 Å². The molecule has 2 aliphatic rings. The van der Waals surface area contributed by atoms with Gasteiger partial charge in [-0.05, 0) is 70.7 Å². The summed E-state index contributed by atoms with van der Waals surface area (Å²) in [6.07, 6.45) is 2.78. The van der Waals surface area contributed by atoms with Crippen molar-refractivity contribution in [2.45, 2.75) is 70.8 Å². The minimum absolute atomic E-state index is 0.0225. The van der Waals surface area contributed by atoms with Crippen molar-refractivity contribution in [2.75, 3.05) is 18.4 Å². The van der Waals surface area contributed by atoms with Crippen LogP contribution in [-0.4, -0.2) is 73.8 Å². The second kappa shape index (κ2) is 11.0. The Hall–Kier alpha value is -4.16. The lowest BCUT2D eigenvalue weighted by molar-refractivity contribution is 0.0125. The molecule has 1 aromatic carbocycles. The van der Waals surface area contributed by atoms with Gasteiger partial charge >= 0.3 is 6.09 Å². The van der Waals surface area contributed by atoms with Gasteiger partial charge in [0.2, 0.25) is 5.95 Å². The van der Waals surface area contributed by atoms with Crippen LogP contribution in [0.25, 0.3) is 16.9 Å². The summed E-state index contributed by atoms with van der Waals surface area (Å²) in [7, 11) is 0. The molecule has 2 fully saturated rings. The molecule has 2 aromatic heterocycles. The van der Waals surface area contributed by atoms with Crippen LogP contribution in [0.4, 0.5) is 23.7 Å². The van der Waals surface area contributed by atoms with E-state index in [2.05, 4.69) is 25.9 Å². The zero-order valence-electron chi connectivity index (χ0n) is 23.2. The summed E-state index contributed by atoms with van der Waals surface area (Å²) in [5, 5.41) is 13.9. The lowest BCUT2D eigenvalue weighted by Crippen LogP contribution is -2.51. The van der Waals surface area contributed by atoms with Crippen molar-refractivity contribution in [2.24, 2.45) is 0 Å². The number of alkyl halides is 1. The molecule has 41 heavy (non-hydrogen) atoms. The van der Waals surface area contributed by atoms with E-state index in [0.717, 1.165) is 12.8 Å². The zero-order valence-corrected chi connectivity index (χ0v) is 23.2. The van der Waals surface area contributed by atoms with Crippen LogP contribution in [0.15, 0.2) is 30.6 Å². The number of hydrogen-bond acceptors (Lipinski definition) is 7. The van der Waals surface area contributed by atoms with Crippen LogP contribution in [0.5, 0.6) is 0 Å². The van der Waals surface area contributed by atoms with E-state index in [1.54, 1.807) is 27.7 Å². The number of anilines is 1.